The van der Waals surface area contributed by atoms with Crippen LogP contribution < -0.4 is 10.6 Å². The molecule has 2 rings (SSSR count). The van der Waals surface area contributed by atoms with Gasteiger partial charge in [0.25, 0.3) is 0 Å². The van der Waals surface area contributed by atoms with Gasteiger partial charge in [-0.05, 0) is 44.5 Å². The first kappa shape index (κ1) is 15.1. The smallest absolute Gasteiger partial charge is 0.319 e. The number of hydrogen-bond donors (Lipinski definition) is 2. The molecule has 1 heterocycles. The summed E-state index contributed by atoms with van der Waals surface area (Å²) < 4.78 is 1.87. The Kier molecular flexibility index (Phi) is 4.98. The maximum atomic E-state index is 11.8. The summed E-state index contributed by atoms with van der Waals surface area (Å²) >= 11 is 0. The van der Waals surface area contributed by atoms with Gasteiger partial charge in [0.15, 0.2) is 0 Å². The van der Waals surface area contributed by atoms with Gasteiger partial charge in [0, 0.05) is 17.9 Å². The number of aromatic nitrogens is 2. The van der Waals surface area contributed by atoms with Crippen molar-refractivity contribution in [3.05, 3.63) is 41.7 Å². The van der Waals surface area contributed by atoms with Crippen LogP contribution in [0.5, 0.6) is 0 Å². The molecule has 0 aliphatic heterocycles. The van der Waals surface area contributed by atoms with Crippen molar-refractivity contribution in [3.8, 4) is 5.69 Å². The van der Waals surface area contributed by atoms with Crippen molar-refractivity contribution in [1.82, 2.24) is 15.1 Å². The molecule has 0 radical (unpaired) electrons. The van der Waals surface area contributed by atoms with Crippen LogP contribution in [0, 0.1) is 13.8 Å². The van der Waals surface area contributed by atoms with Crippen molar-refractivity contribution in [2.75, 3.05) is 11.9 Å². The number of benzene rings is 1. The van der Waals surface area contributed by atoms with E-state index in [4.69, 9.17) is 0 Å². The Morgan fingerprint density at radius 2 is 2.10 bits per heavy atom. The summed E-state index contributed by atoms with van der Waals surface area (Å²) in [5, 5.41) is 10.1. The molecule has 0 unspecified atom stereocenters. The molecule has 2 amide bonds. The minimum absolute atomic E-state index is 0.172. The molecule has 0 bridgehead atoms. The van der Waals surface area contributed by atoms with Crippen LogP contribution in [0.3, 0.4) is 0 Å². The maximum Gasteiger partial charge on any atom is 0.319 e. The SMILES string of the molecule is CCCCNC(=O)Nc1cccc(-n2nc(C)cc2C)c1. The Morgan fingerprint density at radius 1 is 1.29 bits per heavy atom. The van der Waals surface area contributed by atoms with Gasteiger partial charge in [0.2, 0.25) is 0 Å². The topological polar surface area (TPSA) is 59.0 Å². The van der Waals surface area contributed by atoms with Crippen molar-refractivity contribution in [3.63, 3.8) is 0 Å². The van der Waals surface area contributed by atoms with Gasteiger partial charge >= 0.3 is 6.03 Å². The Balaban J connectivity index is 2.08. The highest BCUT2D eigenvalue weighted by Gasteiger charge is 2.06. The highest BCUT2D eigenvalue weighted by atomic mass is 16.2. The van der Waals surface area contributed by atoms with E-state index in [1.807, 2.05) is 48.9 Å². The van der Waals surface area contributed by atoms with Crippen LogP contribution in [0.2, 0.25) is 0 Å². The number of unbranched alkanes of at least 4 members (excludes halogenated alkanes) is 1. The Bertz CT molecular complexity index is 618. The zero-order valence-corrected chi connectivity index (χ0v) is 12.8. The van der Waals surface area contributed by atoms with Crippen molar-refractivity contribution in [2.24, 2.45) is 0 Å². The van der Waals surface area contributed by atoms with E-state index < -0.39 is 0 Å². The van der Waals surface area contributed by atoms with Crippen molar-refractivity contribution in [1.29, 1.82) is 0 Å². The fraction of sp³-hybridized carbons (Fsp3) is 0.375. The molecule has 0 spiro atoms. The Hall–Kier alpha value is -2.30. The Morgan fingerprint density at radius 3 is 2.76 bits per heavy atom. The molecule has 1 aromatic carbocycles. The number of urea groups is 1. The fourth-order valence-electron chi connectivity index (χ4n) is 2.16. The lowest BCUT2D eigenvalue weighted by Crippen LogP contribution is -2.29. The van der Waals surface area contributed by atoms with Crippen molar-refractivity contribution in [2.45, 2.75) is 33.6 Å². The summed E-state index contributed by atoms with van der Waals surface area (Å²) in [4.78, 5) is 11.8. The van der Waals surface area contributed by atoms with E-state index in [9.17, 15) is 4.79 Å². The molecular formula is C16H22N4O. The highest BCUT2D eigenvalue weighted by molar-refractivity contribution is 5.89. The first-order chi connectivity index (χ1) is 10.1. The molecule has 112 valence electrons. The van der Waals surface area contributed by atoms with Crippen LogP contribution in [-0.4, -0.2) is 22.4 Å². The van der Waals surface area contributed by atoms with E-state index in [0.29, 0.717) is 6.54 Å². The van der Waals surface area contributed by atoms with E-state index in [1.165, 1.54) is 0 Å². The summed E-state index contributed by atoms with van der Waals surface area (Å²) in [6.07, 6.45) is 2.05. The third-order valence-corrected chi connectivity index (χ3v) is 3.17. The number of carbonyl (C=O) groups is 1. The molecule has 5 heteroatoms. The highest BCUT2D eigenvalue weighted by Crippen LogP contribution is 2.16. The van der Waals surface area contributed by atoms with E-state index in [-0.39, 0.29) is 6.03 Å². The second-order valence-corrected chi connectivity index (χ2v) is 5.12. The zero-order valence-electron chi connectivity index (χ0n) is 12.8. The van der Waals surface area contributed by atoms with Gasteiger partial charge in [-0.25, -0.2) is 9.48 Å². The van der Waals surface area contributed by atoms with Gasteiger partial charge < -0.3 is 10.6 Å². The normalized spacial score (nSPS) is 10.4. The summed E-state index contributed by atoms with van der Waals surface area (Å²) in [5.74, 6) is 0. The molecule has 0 aliphatic rings. The molecule has 0 fully saturated rings. The Labute approximate surface area is 125 Å². The summed E-state index contributed by atoms with van der Waals surface area (Å²) in [6.45, 7) is 6.77. The molecule has 0 saturated heterocycles. The molecule has 0 aliphatic carbocycles. The standard InChI is InChI=1S/C16H22N4O/c1-4-5-9-17-16(21)18-14-7-6-8-15(11-14)20-13(3)10-12(2)19-20/h6-8,10-11H,4-5,9H2,1-3H3,(H2,17,18,21). The molecule has 5 nitrogen and oxygen atoms in total. The first-order valence-corrected chi connectivity index (χ1v) is 7.28. The average Bonchev–Trinajstić information content (AvgIpc) is 2.78. The predicted molar refractivity (Wildman–Crippen MR) is 85.0 cm³/mol. The van der Waals surface area contributed by atoms with Crippen LogP contribution in [0.15, 0.2) is 30.3 Å². The number of rotatable bonds is 5. The fourth-order valence-corrected chi connectivity index (χ4v) is 2.16. The molecule has 0 atom stereocenters. The quantitative estimate of drug-likeness (QED) is 0.827. The van der Waals surface area contributed by atoms with Crippen LogP contribution in [-0.2, 0) is 0 Å². The van der Waals surface area contributed by atoms with Crippen LogP contribution >= 0.6 is 0 Å². The van der Waals surface area contributed by atoms with Gasteiger partial charge in [0.05, 0.1) is 11.4 Å². The molecule has 2 N–H and O–H groups in total. The average molecular weight is 286 g/mol. The minimum atomic E-state index is -0.172. The third-order valence-electron chi connectivity index (χ3n) is 3.17. The molecule has 21 heavy (non-hydrogen) atoms. The maximum absolute atomic E-state index is 11.8. The van der Waals surface area contributed by atoms with Gasteiger partial charge in [-0.3, -0.25) is 0 Å². The van der Waals surface area contributed by atoms with Crippen molar-refractivity contribution >= 4 is 11.7 Å². The third kappa shape index (κ3) is 4.08. The second-order valence-electron chi connectivity index (χ2n) is 5.12. The van der Waals surface area contributed by atoms with Gasteiger partial charge in [-0.15, -0.1) is 0 Å². The van der Waals surface area contributed by atoms with Gasteiger partial charge in [0.1, 0.15) is 0 Å². The summed E-state index contributed by atoms with van der Waals surface area (Å²) in [6, 6.07) is 9.52. The summed E-state index contributed by atoms with van der Waals surface area (Å²) in [7, 11) is 0. The van der Waals surface area contributed by atoms with E-state index in [2.05, 4.69) is 22.7 Å². The molecule has 1 aromatic heterocycles. The van der Waals surface area contributed by atoms with Crippen LogP contribution in [0.25, 0.3) is 5.69 Å². The monoisotopic (exact) mass is 286 g/mol. The number of hydrogen-bond acceptors (Lipinski definition) is 2. The zero-order chi connectivity index (χ0) is 15.2. The van der Waals surface area contributed by atoms with Crippen LogP contribution in [0.1, 0.15) is 31.2 Å². The summed E-state index contributed by atoms with van der Waals surface area (Å²) in [5.41, 5.74) is 3.74. The van der Waals surface area contributed by atoms with Crippen LogP contribution in [0.4, 0.5) is 10.5 Å². The number of aryl methyl sites for hydroxylation is 2. The lowest BCUT2D eigenvalue weighted by Gasteiger charge is -2.09. The van der Waals surface area contributed by atoms with Gasteiger partial charge in [-0.2, -0.15) is 5.10 Å². The number of amides is 2. The first-order valence-electron chi connectivity index (χ1n) is 7.28. The van der Waals surface area contributed by atoms with E-state index in [1.54, 1.807) is 0 Å². The van der Waals surface area contributed by atoms with E-state index >= 15 is 0 Å². The second kappa shape index (κ2) is 6.92. The largest absolute Gasteiger partial charge is 0.338 e. The minimum Gasteiger partial charge on any atom is -0.338 e. The number of nitrogens with zero attached hydrogens (tertiary/aromatic N) is 2. The molecular weight excluding hydrogens is 264 g/mol. The molecule has 0 saturated carbocycles. The predicted octanol–water partition coefficient (Wildman–Crippen LogP) is 3.41. The number of nitrogens with one attached hydrogen (secondary N) is 2. The molecule has 2 aromatic rings. The van der Waals surface area contributed by atoms with Gasteiger partial charge in [-0.1, -0.05) is 19.4 Å². The number of anilines is 1. The number of carbonyl (C=O) groups excluding carboxylic acids is 1. The van der Waals surface area contributed by atoms with E-state index in [0.717, 1.165) is 35.6 Å². The lowest BCUT2D eigenvalue weighted by molar-refractivity contribution is 0.252. The lowest BCUT2D eigenvalue weighted by atomic mass is 10.2. The van der Waals surface area contributed by atoms with Crippen molar-refractivity contribution < 1.29 is 4.79 Å².